The lowest BCUT2D eigenvalue weighted by Crippen LogP contribution is -2.28. The van der Waals surface area contributed by atoms with E-state index in [1.807, 2.05) is 11.8 Å². The van der Waals surface area contributed by atoms with Crippen molar-refractivity contribution < 1.29 is 0 Å². The summed E-state index contributed by atoms with van der Waals surface area (Å²) in [6.45, 7) is 8.13. The molecule has 0 amide bonds. The molecule has 1 aliphatic heterocycles. The molecule has 0 fully saturated rings. The van der Waals surface area contributed by atoms with E-state index in [-0.39, 0.29) is 0 Å². The molecule has 2 aromatic carbocycles. The predicted octanol–water partition coefficient (Wildman–Crippen LogP) is 4.17. The first-order chi connectivity index (χ1) is 9.63. The Kier molecular flexibility index (Phi) is 3.48. The van der Waals surface area contributed by atoms with Crippen LogP contribution in [-0.2, 0) is 0 Å². The van der Waals surface area contributed by atoms with Crippen molar-refractivity contribution in [2.24, 2.45) is 5.73 Å². The van der Waals surface area contributed by atoms with Crippen molar-refractivity contribution in [2.45, 2.75) is 30.6 Å². The number of rotatable bonds is 2. The van der Waals surface area contributed by atoms with Gasteiger partial charge in [0.1, 0.15) is 0 Å². The van der Waals surface area contributed by atoms with E-state index in [4.69, 9.17) is 5.73 Å². The minimum Gasteiger partial charge on any atom is -0.338 e. The summed E-state index contributed by atoms with van der Waals surface area (Å²) < 4.78 is 0. The molecule has 1 heterocycles. The van der Waals surface area contributed by atoms with Crippen LogP contribution in [0.1, 0.15) is 16.7 Å². The second kappa shape index (κ2) is 5.15. The maximum absolute atomic E-state index is 5.84. The van der Waals surface area contributed by atoms with Crippen LogP contribution in [0.4, 0.5) is 11.4 Å². The Morgan fingerprint density at radius 2 is 1.80 bits per heavy atom. The van der Waals surface area contributed by atoms with Crippen LogP contribution in [0.5, 0.6) is 0 Å². The molecule has 0 saturated heterocycles. The van der Waals surface area contributed by atoms with E-state index >= 15 is 0 Å². The lowest BCUT2D eigenvalue weighted by molar-refractivity contribution is 0.891. The second-order valence-corrected chi connectivity index (χ2v) is 6.38. The monoisotopic (exact) mass is 284 g/mol. The van der Waals surface area contributed by atoms with E-state index in [1.54, 1.807) is 0 Å². The Labute approximate surface area is 125 Å². The molecule has 2 N–H and O–H groups in total. The number of aryl methyl sites for hydroxylation is 1. The maximum atomic E-state index is 5.84. The first-order valence-electron chi connectivity index (χ1n) is 6.98. The summed E-state index contributed by atoms with van der Waals surface area (Å²) >= 11 is 1.87. The minimum absolute atomic E-state index is 0.658. The number of para-hydroxylation sites is 1. The van der Waals surface area contributed by atoms with Gasteiger partial charge in [0.25, 0.3) is 0 Å². The van der Waals surface area contributed by atoms with Crippen molar-refractivity contribution in [2.75, 3.05) is 18.0 Å². The Balaban J connectivity index is 2.24. The van der Waals surface area contributed by atoms with Gasteiger partial charge in [-0.05, 0) is 55.7 Å². The molecule has 0 saturated carbocycles. The summed E-state index contributed by atoms with van der Waals surface area (Å²) in [5.74, 6) is 0. The fourth-order valence-electron chi connectivity index (χ4n) is 2.81. The highest BCUT2D eigenvalue weighted by molar-refractivity contribution is 7.99. The van der Waals surface area contributed by atoms with Crippen molar-refractivity contribution in [3.05, 3.63) is 47.0 Å². The number of nitrogens with two attached hydrogens (primary N) is 1. The summed E-state index contributed by atoms with van der Waals surface area (Å²) in [6, 6.07) is 10.9. The van der Waals surface area contributed by atoms with Crippen LogP contribution < -0.4 is 10.6 Å². The zero-order valence-electron chi connectivity index (χ0n) is 12.2. The number of benzene rings is 2. The van der Waals surface area contributed by atoms with Crippen LogP contribution >= 0.6 is 11.8 Å². The Morgan fingerprint density at radius 1 is 1.05 bits per heavy atom. The minimum atomic E-state index is 0.658. The summed E-state index contributed by atoms with van der Waals surface area (Å²) in [5.41, 5.74) is 12.6. The van der Waals surface area contributed by atoms with E-state index in [2.05, 4.69) is 56.0 Å². The maximum Gasteiger partial charge on any atom is 0.0585 e. The summed E-state index contributed by atoms with van der Waals surface area (Å²) in [5, 5.41) is 0. The number of nitrogens with zero attached hydrogens (tertiary/aromatic N) is 1. The van der Waals surface area contributed by atoms with E-state index in [0.717, 1.165) is 6.54 Å². The molecule has 0 aliphatic carbocycles. The molecule has 0 atom stereocenters. The highest BCUT2D eigenvalue weighted by atomic mass is 32.2. The smallest absolute Gasteiger partial charge is 0.0585 e. The summed E-state index contributed by atoms with van der Waals surface area (Å²) in [6.07, 6.45) is 0. The number of hydrogen-bond acceptors (Lipinski definition) is 3. The molecule has 104 valence electrons. The Hall–Kier alpha value is -1.45. The summed E-state index contributed by atoms with van der Waals surface area (Å²) in [4.78, 5) is 5.04. The third-order valence-electron chi connectivity index (χ3n) is 4.09. The van der Waals surface area contributed by atoms with Gasteiger partial charge in [-0.15, -0.1) is 0 Å². The molecular formula is C17H20N2S. The molecule has 2 aromatic rings. The lowest BCUT2D eigenvalue weighted by atomic mass is 10.0. The van der Waals surface area contributed by atoms with Gasteiger partial charge in [0, 0.05) is 22.9 Å². The quantitative estimate of drug-likeness (QED) is 0.897. The third-order valence-corrected chi connectivity index (χ3v) is 5.19. The zero-order chi connectivity index (χ0) is 14.3. The molecule has 3 heteroatoms. The van der Waals surface area contributed by atoms with Gasteiger partial charge in [-0.1, -0.05) is 23.9 Å². The van der Waals surface area contributed by atoms with Crippen LogP contribution in [0.25, 0.3) is 0 Å². The van der Waals surface area contributed by atoms with Gasteiger partial charge in [-0.25, -0.2) is 0 Å². The molecule has 2 nitrogen and oxygen atoms in total. The van der Waals surface area contributed by atoms with Crippen LogP contribution in [0, 0.1) is 20.8 Å². The fourth-order valence-corrected chi connectivity index (χ4v) is 4.07. The normalized spacial score (nSPS) is 13.1. The molecule has 20 heavy (non-hydrogen) atoms. The molecule has 0 radical (unpaired) electrons. The largest absolute Gasteiger partial charge is 0.338 e. The number of fused-ring (bicyclic) bond motifs is 2. The standard InChI is InChI=1S/C17H20N2S/c1-11-10-16-17(13(3)12(11)2)19(9-8-18)14-6-4-5-7-15(14)20-16/h4-7,10H,8-9,18H2,1-3H3. The van der Waals surface area contributed by atoms with E-state index in [1.165, 1.54) is 37.9 Å². The van der Waals surface area contributed by atoms with Crippen LogP contribution in [0.3, 0.4) is 0 Å². The first-order valence-corrected chi connectivity index (χ1v) is 7.80. The zero-order valence-corrected chi connectivity index (χ0v) is 13.1. The Morgan fingerprint density at radius 3 is 2.55 bits per heavy atom. The fraction of sp³-hybridized carbons (Fsp3) is 0.294. The van der Waals surface area contributed by atoms with Crippen LogP contribution in [0.15, 0.2) is 40.1 Å². The SMILES string of the molecule is Cc1cc2c(c(C)c1C)N(CCN)c1ccccc1S2. The van der Waals surface area contributed by atoms with Crippen molar-refractivity contribution in [3.8, 4) is 0 Å². The third kappa shape index (κ3) is 2.02. The van der Waals surface area contributed by atoms with E-state index in [0.29, 0.717) is 6.54 Å². The van der Waals surface area contributed by atoms with Gasteiger partial charge in [-0.2, -0.15) is 0 Å². The lowest BCUT2D eigenvalue weighted by Gasteiger charge is -2.34. The van der Waals surface area contributed by atoms with E-state index in [9.17, 15) is 0 Å². The molecule has 1 aliphatic rings. The Bertz CT molecular complexity index is 664. The topological polar surface area (TPSA) is 29.3 Å². The highest BCUT2D eigenvalue weighted by Crippen LogP contribution is 2.50. The van der Waals surface area contributed by atoms with Gasteiger partial charge < -0.3 is 10.6 Å². The molecular weight excluding hydrogens is 264 g/mol. The highest BCUT2D eigenvalue weighted by Gasteiger charge is 2.25. The number of anilines is 2. The van der Waals surface area contributed by atoms with Crippen LogP contribution in [0.2, 0.25) is 0 Å². The second-order valence-electron chi connectivity index (χ2n) is 5.30. The summed E-state index contributed by atoms with van der Waals surface area (Å²) in [7, 11) is 0. The average molecular weight is 284 g/mol. The first kappa shape index (κ1) is 13.5. The predicted molar refractivity (Wildman–Crippen MR) is 87.3 cm³/mol. The van der Waals surface area contributed by atoms with Crippen molar-refractivity contribution in [3.63, 3.8) is 0 Å². The average Bonchev–Trinajstić information content (AvgIpc) is 2.45. The molecule has 0 aromatic heterocycles. The van der Waals surface area contributed by atoms with Gasteiger partial charge >= 0.3 is 0 Å². The van der Waals surface area contributed by atoms with Gasteiger partial charge in [-0.3, -0.25) is 0 Å². The van der Waals surface area contributed by atoms with Gasteiger partial charge in [0.15, 0.2) is 0 Å². The van der Waals surface area contributed by atoms with Crippen molar-refractivity contribution >= 4 is 23.1 Å². The molecule has 0 unspecified atom stereocenters. The van der Waals surface area contributed by atoms with Crippen molar-refractivity contribution in [1.82, 2.24) is 0 Å². The molecule has 0 spiro atoms. The molecule has 0 bridgehead atoms. The van der Waals surface area contributed by atoms with Gasteiger partial charge in [0.2, 0.25) is 0 Å². The van der Waals surface area contributed by atoms with Crippen LogP contribution in [-0.4, -0.2) is 13.1 Å². The van der Waals surface area contributed by atoms with Gasteiger partial charge in [0.05, 0.1) is 11.4 Å². The molecule has 3 rings (SSSR count). The van der Waals surface area contributed by atoms with E-state index < -0.39 is 0 Å². The number of hydrogen-bond donors (Lipinski definition) is 1. The van der Waals surface area contributed by atoms with Crippen molar-refractivity contribution in [1.29, 1.82) is 0 Å².